The minimum absolute atomic E-state index is 0.123. The largest absolute Gasteiger partial charge is 0.422 e. The van der Waals surface area contributed by atoms with Crippen LogP contribution < -0.4 is 10.2 Å². The third kappa shape index (κ3) is 7.43. The number of ether oxygens (including phenoxy) is 1. The number of carbonyl (C=O) groups excluding carboxylic acids is 2. The number of benzene rings is 3. The highest BCUT2D eigenvalue weighted by atomic mass is 35.5. The molecule has 0 heterocycles. The van der Waals surface area contributed by atoms with Crippen molar-refractivity contribution in [1.82, 2.24) is 5.43 Å². The van der Waals surface area contributed by atoms with E-state index in [4.69, 9.17) is 16.3 Å². The first-order valence-corrected chi connectivity index (χ1v) is 11.8. The van der Waals surface area contributed by atoms with E-state index in [-0.39, 0.29) is 5.91 Å². The lowest BCUT2D eigenvalue weighted by molar-refractivity contribution is -0.121. The van der Waals surface area contributed by atoms with Crippen molar-refractivity contribution in [2.75, 3.05) is 0 Å². The van der Waals surface area contributed by atoms with Gasteiger partial charge in [-0.15, -0.1) is 0 Å². The molecule has 0 aliphatic heterocycles. The molecule has 0 unspecified atom stereocenters. The lowest BCUT2D eigenvalue weighted by atomic mass is 10.0. The number of nitrogens with zero attached hydrogens (tertiary/aromatic N) is 1. The molecular formula is C27H29ClN2O3. The lowest BCUT2D eigenvalue weighted by Gasteiger charge is -2.10. The molecule has 0 bridgehead atoms. The summed E-state index contributed by atoms with van der Waals surface area (Å²) in [6.07, 6.45) is 8.70. The molecule has 3 aromatic rings. The highest BCUT2D eigenvalue weighted by molar-refractivity contribution is 6.30. The van der Waals surface area contributed by atoms with Crippen molar-refractivity contribution in [3.63, 3.8) is 0 Å². The quantitative estimate of drug-likeness (QED) is 0.110. The smallest absolute Gasteiger partial charge is 0.343 e. The van der Waals surface area contributed by atoms with Crippen molar-refractivity contribution in [2.24, 2.45) is 5.10 Å². The van der Waals surface area contributed by atoms with Crippen LogP contribution in [0.5, 0.6) is 5.75 Å². The molecular weight excluding hydrogens is 436 g/mol. The van der Waals surface area contributed by atoms with Gasteiger partial charge < -0.3 is 4.74 Å². The number of carbonyl (C=O) groups is 2. The molecule has 0 spiro atoms. The summed E-state index contributed by atoms with van der Waals surface area (Å²) in [5.41, 5.74) is 3.60. The Kier molecular flexibility index (Phi) is 9.45. The third-order valence-corrected chi connectivity index (χ3v) is 5.61. The van der Waals surface area contributed by atoms with Gasteiger partial charge in [-0.3, -0.25) is 4.79 Å². The summed E-state index contributed by atoms with van der Waals surface area (Å²) in [5, 5.41) is 6.53. The number of esters is 1. The van der Waals surface area contributed by atoms with Gasteiger partial charge in [0.15, 0.2) is 0 Å². The summed E-state index contributed by atoms with van der Waals surface area (Å²) >= 11 is 5.91. The molecule has 0 fully saturated rings. The van der Waals surface area contributed by atoms with Gasteiger partial charge in [-0.25, -0.2) is 10.2 Å². The Bertz CT molecular complexity index is 1110. The summed E-state index contributed by atoms with van der Waals surface area (Å²) in [7, 11) is 0. The average Bonchev–Trinajstić information content (AvgIpc) is 2.82. The van der Waals surface area contributed by atoms with Gasteiger partial charge in [0, 0.05) is 17.0 Å². The number of nitrogens with one attached hydrogen (secondary N) is 1. The van der Waals surface area contributed by atoms with Gasteiger partial charge in [-0.1, -0.05) is 81.0 Å². The first-order valence-electron chi connectivity index (χ1n) is 11.4. The zero-order valence-electron chi connectivity index (χ0n) is 18.9. The van der Waals surface area contributed by atoms with Gasteiger partial charge in [0.25, 0.3) is 0 Å². The fourth-order valence-corrected chi connectivity index (χ4v) is 3.66. The van der Waals surface area contributed by atoms with Crippen molar-refractivity contribution in [3.8, 4) is 5.75 Å². The number of hydrazone groups is 1. The van der Waals surface area contributed by atoms with Gasteiger partial charge in [0.1, 0.15) is 5.75 Å². The van der Waals surface area contributed by atoms with E-state index in [1.165, 1.54) is 25.5 Å². The van der Waals surface area contributed by atoms with Crippen LogP contribution in [0.15, 0.2) is 65.8 Å². The van der Waals surface area contributed by atoms with Gasteiger partial charge in [-0.2, -0.15) is 5.10 Å². The summed E-state index contributed by atoms with van der Waals surface area (Å²) in [6.45, 7) is 2.19. The average molecular weight is 465 g/mol. The highest BCUT2D eigenvalue weighted by Gasteiger charge is 2.13. The Morgan fingerprint density at radius 2 is 1.67 bits per heavy atom. The number of amides is 1. The van der Waals surface area contributed by atoms with Gasteiger partial charge in [0.2, 0.25) is 5.91 Å². The Morgan fingerprint density at radius 1 is 0.939 bits per heavy atom. The maximum atomic E-state index is 12.6. The molecule has 0 aromatic heterocycles. The second kappa shape index (κ2) is 12.8. The zero-order valence-corrected chi connectivity index (χ0v) is 19.6. The van der Waals surface area contributed by atoms with Crippen LogP contribution in [0.3, 0.4) is 0 Å². The SMILES string of the molecule is CCCCCCCCC(=O)N/N=C/c1c(OC(=O)c2ccc(Cl)cc2)ccc2ccccc12. The molecule has 1 amide bonds. The fraction of sp³-hybridized carbons (Fsp3) is 0.296. The molecule has 33 heavy (non-hydrogen) atoms. The van der Waals surface area contributed by atoms with Crippen molar-refractivity contribution >= 4 is 40.5 Å². The molecule has 172 valence electrons. The predicted molar refractivity (Wildman–Crippen MR) is 134 cm³/mol. The summed E-state index contributed by atoms with van der Waals surface area (Å²) in [5.74, 6) is -0.257. The van der Waals surface area contributed by atoms with Crippen LogP contribution in [0.4, 0.5) is 0 Å². The molecule has 3 aromatic carbocycles. The van der Waals surface area contributed by atoms with Gasteiger partial charge in [-0.05, 0) is 47.5 Å². The minimum Gasteiger partial charge on any atom is -0.422 e. The standard InChI is InChI=1S/C27H29ClN2O3/c1-2-3-4-5-6-7-12-26(31)30-29-19-24-23-11-9-8-10-20(23)15-18-25(24)33-27(32)21-13-16-22(28)17-14-21/h8-11,13-19H,2-7,12H2,1H3,(H,30,31)/b29-19+. The first kappa shape index (κ1) is 24.5. The number of rotatable bonds is 11. The Labute approximate surface area is 199 Å². The molecule has 0 atom stereocenters. The van der Waals surface area contributed by atoms with Crippen molar-refractivity contribution in [1.29, 1.82) is 0 Å². The topological polar surface area (TPSA) is 67.8 Å². The van der Waals surface area contributed by atoms with Crippen LogP contribution in [0.2, 0.25) is 5.02 Å². The summed E-state index contributed by atoms with van der Waals surface area (Å²) in [6, 6.07) is 17.9. The van der Waals surface area contributed by atoms with E-state index < -0.39 is 5.97 Å². The molecule has 5 nitrogen and oxygen atoms in total. The van der Waals surface area contributed by atoms with E-state index in [0.717, 1.165) is 30.0 Å². The van der Waals surface area contributed by atoms with Gasteiger partial charge >= 0.3 is 5.97 Å². The Hall–Kier alpha value is -3.18. The number of hydrogen-bond acceptors (Lipinski definition) is 4. The summed E-state index contributed by atoms with van der Waals surface area (Å²) < 4.78 is 5.66. The molecule has 0 saturated heterocycles. The van der Waals surface area contributed by atoms with Crippen LogP contribution in [0, 0.1) is 0 Å². The molecule has 0 aliphatic carbocycles. The normalized spacial score (nSPS) is 11.1. The Morgan fingerprint density at radius 3 is 2.45 bits per heavy atom. The molecule has 0 radical (unpaired) electrons. The molecule has 1 N–H and O–H groups in total. The van der Waals surface area contributed by atoms with Gasteiger partial charge in [0.05, 0.1) is 11.8 Å². The van der Waals surface area contributed by atoms with E-state index in [0.29, 0.717) is 28.3 Å². The molecule has 3 rings (SSSR count). The van der Waals surface area contributed by atoms with Crippen LogP contribution in [-0.2, 0) is 4.79 Å². The second-order valence-electron chi connectivity index (χ2n) is 7.91. The molecule has 6 heteroatoms. The van der Waals surface area contributed by atoms with E-state index in [1.54, 1.807) is 30.3 Å². The zero-order chi connectivity index (χ0) is 23.5. The highest BCUT2D eigenvalue weighted by Crippen LogP contribution is 2.27. The molecule has 0 aliphatic rings. The fourth-order valence-electron chi connectivity index (χ4n) is 3.53. The van der Waals surface area contributed by atoms with Crippen LogP contribution in [-0.4, -0.2) is 18.1 Å². The van der Waals surface area contributed by atoms with Crippen molar-refractivity contribution < 1.29 is 14.3 Å². The van der Waals surface area contributed by atoms with Crippen LogP contribution in [0.1, 0.15) is 67.8 Å². The monoisotopic (exact) mass is 464 g/mol. The number of unbranched alkanes of at least 4 members (excludes halogenated alkanes) is 5. The summed E-state index contributed by atoms with van der Waals surface area (Å²) in [4.78, 5) is 24.8. The lowest BCUT2D eigenvalue weighted by Crippen LogP contribution is -2.17. The third-order valence-electron chi connectivity index (χ3n) is 5.35. The number of halogens is 1. The van der Waals surface area contributed by atoms with E-state index in [2.05, 4.69) is 17.5 Å². The van der Waals surface area contributed by atoms with Crippen LogP contribution >= 0.6 is 11.6 Å². The second-order valence-corrected chi connectivity index (χ2v) is 8.34. The van der Waals surface area contributed by atoms with Crippen LogP contribution in [0.25, 0.3) is 10.8 Å². The van der Waals surface area contributed by atoms with E-state index in [9.17, 15) is 9.59 Å². The Balaban J connectivity index is 1.69. The van der Waals surface area contributed by atoms with Crippen molar-refractivity contribution in [2.45, 2.75) is 51.9 Å². The number of fused-ring (bicyclic) bond motifs is 1. The van der Waals surface area contributed by atoms with Crippen molar-refractivity contribution in [3.05, 3.63) is 76.8 Å². The molecule has 0 saturated carbocycles. The first-order chi connectivity index (χ1) is 16.1. The predicted octanol–water partition coefficient (Wildman–Crippen LogP) is 6.91. The van der Waals surface area contributed by atoms with E-state index in [1.807, 2.05) is 30.3 Å². The maximum Gasteiger partial charge on any atom is 0.343 e. The van der Waals surface area contributed by atoms with E-state index >= 15 is 0 Å². The minimum atomic E-state index is -0.497. The number of hydrogen-bond donors (Lipinski definition) is 1. The maximum absolute atomic E-state index is 12.6.